The van der Waals surface area contributed by atoms with Gasteiger partial charge in [0, 0.05) is 7.05 Å². The van der Waals surface area contributed by atoms with E-state index in [0.29, 0.717) is 17.2 Å². The van der Waals surface area contributed by atoms with Gasteiger partial charge in [0.25, 0.3) is 0 Å². The number of nitrogens with two attached hydrogens (primary N) is 1. The van der Waals surface area contributed by atoms with Crippen LogP contribution in [0.25, 0.3) is 0 Å². The van der Waals surface area contributed by atoms with Crippen LogP contribution in [0.2, 0.25) is 0 Å². The number of aromatic carboxylic acids is 1. The first kappa shape index (κ1) is 31.6. The van der Waals surface area contributed by atoms with Gasteiger partial charge < -0.3 is 26.2 Å². The van der Waals surface area contributed by atoms with Gasteiger partial charge in [-0.1, -0.05) is 65.2 Å². The highest BCUT2D eigenvalue weighted by atomic mass is 16.5. The number of carboxylic acid groups (broad SMARTS) is 1. The highest BCUT2D eigenvalue weighted by Gasteiger charge is 2.09. The third kappa shape index (κ3) is 16.2. The molecule has 0 aliphatic carbocycles. The predicted octanol–water partition coefficient (Wildman–Crippen LogP) is 6.39. The average Bonchev–Trinajstić information content (AvgIpc) is 2.83. The lowest BCUT2D eigenvalue weighted by Gasteiger charge is -2.11. The molecule has 0 saturated heterocycles. The molecule has 0 heterocycles. The summed E-state index contributed by atoms with van der Waals surface area (Å²) < 4.78 is 5.68. The Hall–Kier alpha value is -2.57. The molecule has 6 heteroatoms. The molecule has 5 N–H and O–H groups in total. The Morgan fingerprint density at radius 2 is 1.59 bits per heavy atom. The van der Waals surface area contributed by atoms with Gasteiger partial charge in [0.15, 0.2) is 5.75 Å². The zero-order chi connectivity index (χ0) is 24.6. The fourth-order valence-electron chi connectivity index (χ4n) is 2.32. The Bertz CT molecular complexity index is 673. The summed E-state index contributed by atoms with van der Waals surface area (Å²) in [6.45, 7) is 10.4. The first-order chi connectivity index (χ1) is 15.5. The number of para-hydroxylation sites is 1. The summed E-state index contributed by atoms with van der Waals surface area (Å²) in [5, 5.41) is 14.9. The number of hydrogen-bond donors (Lipinski definition) is 4. The lowest BCUT2D eigenvalue weighted by Crippen LogP contribution is -2.06. The molecule has 0 saturated carbocycles. The van der Waals surface area contributed by atoms with Gasteiger partial charge in [0.2, 0.25) is 0 Å². The molecule has 0 spiro atoms. The normalized spacial score (nSPS) is 9.09. The maximum atomic E-state index is 10.9. The lowest BCUT2D eigenvalue weighted by molar-refractivity contribution is 0.0697. The van der Waals surface area contributed by atoms with E-state index in [1.54, 1.807) is 19.2 Å². The maximum absolute atomic E-state index is 10.9. The number of benzene rings is 2. The second kappa shape index (κ2) is 23.1. The van der Waals surface area contributed by atoms with E-state index >= 15 is 0 Å². The molecule has 0 atom stereocenters. The van der Waals surface area contributed by atoms with Crippen molar-refractivity contribution in [3.05, 3.63) is 54.1 Å². The summed E-state index contributed by atoms with van der Waals surface area (Å²) in [5.74, 6) is 0.337. The zero-order valence-corrected chi connectivity index (χ0v) is 20.9. The standard InChI is InChI=1S/C14H13NO3.C6H15N.C4H11N.C2H6/c1-15-12-9-10(14(16)17)7-8-13(12)18-11-5-3-2-4-6-11;1-3-4-5-6-7-2;1-2-3-4-5;1-2/h2-9,15H,1H3,(H,16,17);7H,3-6H2,1-2H3;2-5H2,1H3;1-2H3. The van der Waals surface area contributed by atoms with Crippen LogP contribution < -0.4 is 21.1 Å². The zero-order valence-electron chi connectivity index (χ0n) is 20.9. The van der Waals surface area contributed by atoms with Gasteiger partial charge >= 0.3 is 5.97 Å². The maximum Gasteiger partial charge on any atom is 0.335 e. The summed E-state index contributed by atoms with van der Waals surface area (Å²) in [6, 6.07) is 14.0. The monoisotopic (exact) mass is 447 g/mol. The molecule has 0 aliphatic heterocycles. The Morgan fingerprint density at radius 3 is 2.03 bits per heavy atom. The number of rotatable bonds is 10. The Morgan fingerprint density at radius 1 is 0.969 bits per heavy atom. The molecule has 0 bridgehead atoms. The van der Waals surface area contributed by atoms with Gasteiger partial charge in [-0.15, -0.1) is 0 Å². The number of carbonyl (C=O) groups is 1. The number of ether oxygens (including phenoxy) is 1. The van der Waals surface area contributed by atoms with E-state index in [2.05, 4.69) is 24.5 Å². The molecule has 182 valence electrons. The molecule has 0 amide bonds. The van der Waals surface area contributed by atoms with Gasteiger partial charge in [-0.25, -0.2) is 4.79 Å². The van der Waals surface area contributed by atoms with Gasteiger partial charge in [0.05, 0.1) is 11.3 Å². The molecule has 0 aromatic heterocycles. The van der Waals surface area contributed by atoms with Crippen molar-refractivity contribution >= 4 is 11.7 Å². The quantitative estimate of drug-likeness (QED) is 0.315. The van der Waals surface area contributed by atoms with Gasteiger partial charge in [-0.05, 0) is 63.3 Å². The Balaban J connectivity index is 0. The first-order valence-corrected chi connectivity index (χ1v) is 11.7. The predicted molar refractivity (Wildman–Crippen MR) is 138 cm³/mol. The van der Waals surface area contributed by atoms with Crippen molar-refractivity contribution in [1.82, 2.24) is 5.32 Å². The molecular weight excluding hydrogens is 402 g/mol. The van der Waals surface area contributed by atoms with Crippen molar-refractivity contribution in [2.75, 3.05) is 32.5 Å². The minimum atomic E-state index is -0.960. The number of hydrogen-bond acceptors (Lipinski definition) is 5. The third-order valence-corrected chi connectivity index (χ3v) is 4.05. The smallest absolute Gasteiger partial charge is 0.335 e. The number of nitrogens with one attached hydrogen (secondary N) is 2. The summed E-state index contributed by atoms with van der Waals surface area (Å²) in [7, 11) is 3.72. The van der Waals surface area contributed by atoms with Gasteiger partial charge in [-0.3, -0.25) is 0 Å². The highest BCUT2D eigenvalue weighted by Crippen LogP contribution is 2.30. The molecule has 2 aromatic carbocycles. The number of carboxylic acids is 1. The fourth-order valence-corrected chi connectivity index (χ4v) is 2.32. The number of anilines is 1. The number of unbranched alkanes of at least 4 members (excludes halogenated alkanes) is 3. The third-order valence-electron chi connectivity index (χ3n) is 4.05. The molecule has 2 rings (SSSR count). The second-order valence-corrected chi connectivity index (χ2v) is 6.63. The summed E-state index contributed by atoms with van der Waals surface area (Å²) in [4.78, 5) is 10.9. The van der Waals surface area contributed by atoms with E-state index in [4.69, 9.17) is 15.6 Å². The largest absolute Gasteiger partial charge is 0.478 e. The molecule has 6 nitrogen and oxygen atoms in total. The molecule has 32 heavy (non-hydrogen) atoms. The topological polar surface area (TPSA) is 96.6 Å². The van der Waals surface area contributed by atoms with Crippen molar-refractivity contribution in [2.45, 2.75) is 59.8 Å². The van der Waals surface area contributed by atoms with Crippen LogP contribution in [0.3, 0.4) is 0 Å². The molecule has 2 aromatic rings. The molecule has 0 aliphatic rings. The van der Waals surface area contributed by atoms with Crippen LogP contribution in [0.1, 0.15) is 70.2 Å². The molecular formula is C26H45N3O3. The van der Waals surface area contributed by atoms with Crippen LogP contribution in [0.15, 0.2) is 48.5 Å². The van der Waals surface area contributed by atoms with Crippen LogP contribution in [0.5, 0.6) is 11.5 Å². The van der Waals surface area contributed by atoms with Crippen LogP contribution >= 0.6 is 0 Å². The summed E-state index contributed by atoms with van der Waals surface area (Å²) in [5.41, 5.74) is 6.00. The molecule has 0 unspecified atom stereocenters. The highest BCUT2D eigenvalue weighted by molar-refractivity contribution is 5.89. The van der Waals surface area contributed by atoms with Gasteiger partial charge in [0.1, 0.15) is 5.75 Å². The van der Waals surface area contributed by atoms with Crippen LogP contribution in [0.4, 0.5) is 5.69 Å². The van der Waals surface area contributed by atoms with Crippen molar-refractivity contribution < 1.29 is 14.6 Å². The van der Waals surface area contributed by atoms with Crippen LogP contribution in [-0.2, 0) is 0 Å². The van der Waals surface area contributed by atoms with Crippen molar-refractivity contribution in [3.63, 3.8) is 0 Å². The van der Waals surface area contributed by atoms with E-state index in [-0.39, 0.29) is 5.56 Å². The van der Waals surface area contributed by atoms with E-state index in [0.717, 1.165) is 6.54 Å². The Labute approximate surface area is 195 Å². The van der Waals surface area contributed by atoms with Gasteiger partial charge in [-0.2, -0.15) is 0 Å². The van der Waals surface area contributed by atoms with E-state index in [9.17, 15) is 4.79 Å². The van der Waals surface area contributed by atoms with E-state index in [1.165, 1.54) is 44.7 Å². The fraction of sp³-hybridized carbons (Fsp3) is 0.500. The first-order valence-electron chi connectivity index (χ1n) is 11.7. The summed E-state index contributed by atoms with van der Waals surface area (Å²) >= 11 is 0. The summed E-state index contributed by atoms with van der Waals surface area (Å²) in [6.07, 6.45) is 6.39. The van der Waals surface area contributed by atoms with E-state index < -0.39 is 5.97 Å². The van der Waals surface area contributed by atoms with Crippen molar-refractivity contribution in [3.8, 4) is 11.5 Å². The minimum absolute atomic E-state index is 0.222. The second-order valence-electron chi connectivity index (χ2n) is 6.63. The minimum Gasteiger partial charge on any atom is -0.478 e. The van der Waals surface area contributed by atoms with Crippen molar-refractivity contribution in [2.24, 2.45) is 5.73 Å². The van der Waals surface area contributed by atoms with Crippen LogP contribution in [0, 0.1) is 0 Å². The van der Waals surface area contributed by atoms with E-state index in [1.807, 2.05) is 51.2 Å². The molecule has 0 radical (unpaired) electrons. The average molecular weight is 448 g/mol. The molecule has 0 fully saturated rings. The SMILES string of the molecule is CC.CCCCCNC.CCCCN.CNc1cc(C(=O)O)ccc1Oc1ccccc1. The lowest BCUT2D eigenvalue weighted by atomic mass is 10.2. The van der Waals surface area contributed by atoms with Crippen LogP contribution in [-0.4, -0.2) is 38.3 Å². The van der Waals surface area contributed by atoms with Crippen molar-refractivity contribution in [1.29, 1.82) is 0 Å². The Kier molecular flexibility index (Phi) is 22.8.